The van der Waals surface area contributed by atoms with E-state index in [4.69, 9.17) is 4.55 Å². The average molecular weight is 557 g/mol. The maximum absolute atomic E-state index is 10.3. The third-order valence-corrected chi connectivity index (χ3v) is 4.17. The fourth-order valence-corrected chi connectivity index (χ4v) is 2.61. The van der Waals surface area contributed by atoms with E-state index in [0.29, 0.717) is 0 Å². The van der Waals surface area contributed by atoms with Gasteiger partial charge in [-0.1, -0.05) is 30.3 Å². The Morgan fingerprint density at radius 3 is 2.33 bits per heavy atom. The predicted octanol–water partition coefficient (Wildman–Crippen LogP) is 3.42. The Kier molecular flexibility index (Phi) is 7.27. The molecule has 0 atom stereocenters. The molecule has 1 N–H and O–H groups in total. The van der Waals surface area contributed by atoms with E-state index < -0.39 is 10.1 Å². The molecule has 0 amide bonds. The molecule has 8 heteroatoms. The molecule has 0 fully saturated rings. The summed E-state index contributed by atoms with van der Waals surface area (Å²) in [4.78, 5) is 11.4. The first-order valence-corrected chi connectivity index (χ1v) is 9.04. The zero-order valence-corrected chi connectivity index (χ0v) is 17.1. The monoisotopic (exact) mass is 557 g/mol. The van der Waals surface area contributed by atoms with Crippen LogP contribution in [0.25, 0.3) is 22.2 Å². The summed E-state index contributed by atoms with van der Waals surface area (Å²) < 4.78 is 29.0. The van der Waals surface area contributed by atoms with Crippen LogP contribution in [0.1, 0.15) is 0 Å². The molecule has 2 heterocycles. The summed E-state index contributed by atoms with van der Waals surface area (Å²) in [6.07, 6.45) is 2.28. The number of pyridine rings is 1. The van der Waals surface area contributed by atoms with Crippen LogP contribution in [0.15, 0.2) is 84.3 Å². The van der Waals surface area contributed by atoms with Crippen LogP contribution in [0.3, 0.4) is 0 Å². The Hall–Kier alpha value is -2.51. The Bertz CT molecular complexity index is 1110. The largest absolute Gasteiger partial charge is 0.312 e. The van der Waals surface area contributed by atoms with Gasteiger partial charge in [-0.05, 0) is 23.2 Å². The Labute approximate surface area is 170 Å². The van der Waals surface area contributed by atoms with Crippen molar-refractivity contribution in [1.82, 2.24) is 15.0 Å². The van der Waals surface area contributed by atoms with Crippen molar-refractivity contribution in [2.75, 3.05) is 0 Å². The average Bonchev–Trinajstić information content (AvgIpc) is 2.69. The molecule has 0 aliphatic heterocycles. The van der Waals surface area contributed by atoms with Crippen LogP contribution >= 0.6 is 0 Å². The van der Waals surface area contributed by atoms with Gasteiger partial charge in [0.25, 0.3) is 0 Å². The maximum Gasteiger partial charge on any atom is 0.312 e. The van der Waals surface area contributed by atoms with E-state index >= 15 is 0 Å². The van der Waals surface area contributed by atoms with Gasteiger partial charge in [0.05, 0.1) is 5.52 Å². The first-order chi connectivity index (χ1) is 12.5. The van der Waals surface area contributed by atoms with Crippen LogP contribution in [0.2, 0.25) is 0 Å². The van der Waals surface area contributed by atoms with Gasteiger partial charge in [-0.25, -0.2) is 9.97 Å². The van der Waals surface area contributed by atoms with E-state index in [0.717, 1.165) is 29.2 Å². The molecule has 4 rings (SSSR count). The van der Waals surface area contributed by atoms with Crippen molar-refractivity contribution in [1.29, 1.82) is 0 Å². The van der Waals surface area contributed by atoms with Gasteiger partial charge in [0.2, 0.25) is 0 Å². The number of para-hydroxylation sites is 1. The van der Waals surface area contributed by atoms with Crippen LogP contribution in [0, 0.1) is 6.07 Å². The van der Waals surface area contributed by atoms with Gasteiger partial charge in [0.1, 0.15) is 6.33 Å². The molecule has 139 valence electrons. The molecule has 0 spiro atoms. The number of benzene rings is 2. The van der Waals surface area contributed by atoms with Gasteiger partial charge in [0.15, 0.2) is 5.03 Å². The van der Waals surface area contributed by atoms with Crippen molar-refractivity contribution in [2.24, 2.45) is 0 Å². The molecule has 0 aliphatic carbocycles. The van der Waals surface area contributed by atoms with E-state index in [9.17, 15) is 8.42 Å². The standard InChI is InChI=1S/C15H10N.C4H4N2O3S.Ir/c1-2-6-12(7-3-1)15-11-10-13-8-4-5-9-14(13)16-15;7-10(8,9)4-1-2-5-3-6-4;/h1-6,8-11H;1-3H,(H,7,8,9);/q-1;;. The van der Waals surface area contributed by atoms with Crippen LogP contribution in [-0.2, 0) is 30.2 Å². The summed E-state index contributed by atoms with van der Waals surface area (Å²) in [5.41, 5.74) is 3.03. The molecule has 2 aromatic heterocycles. The number of aromatic nitrogens is 3. The molecule has 0 unspecified atom stereocenters. The van der Waals surface area contributed by atoms with Gasteiger partial charge in [-0.3, -0.25) is 9.54 Å². The molecule has 0 bridgehead atoms. The molecule has 0 aliphatic rings. The third-order valence-electron chi connectivity index (χ3n) is 3.40. The van der Waals surface area contributed by atoms with Gasteiger partial charge in [0, 0.05) is 26.3 Å². The summed E-state index contributed by atoms with van der Waals surface area (Å²) in [5, 5.41) is 0.782. The van der Waals surface area contributed by atoms with Gasteiger partial charge >= 0.3 is 10.1 Å². The second kappa shape index (κ2) is 9.43. The fraction of sp³-hybridized carbons (Fsp3) is 0. The van der Waals surface area contributed by atoms with Crippen molar-refractivity contribution in [3.05, 3.63) is 85.3 Å². The predicted molar refractivity (Wildman–Crippen MR) is 97.9 cm³/mol. The molecule has 2 aromatic carbocycles. The van der Waals surface area contributed by atoms with Gasteiger partial charge in [-0.2, -0.15) is 8.42 Å². The zero-order valence-electron chi connectivity index (χ0n) is 13.9. The first-order valence-electron chi connectivity index (χ1n) is 7.60. The summed E-state index contributed by atoms with van der Waals surface area (Å²) in [6.45, 7) is 0. The quantitative estimate of drug-likeness (QED) is 0.231. The number of rotatable bonds is 2. The van der Waals surface area contributed by atoms with E-state index in [2.05, 4.69) is 33.2 Å². The number of fused-ring (bicyclic) bond motifs is 1. The smallest absolute Gasteiger partial charge is 0.296 e. The van der Waals surface area contributed by atoms with Crippen LogP contribution in [0.4, 0.5) is 0 Å². The fourth-order valence-electron chi connectivity index (χ4n) is 2.20. The second-order valence-corrected chi connectivity index (χ2v) is 6.56. The van der Waals surface area contributed by atoms with Gasteiger partial charge < -0.3 is 0 Å². The molecule has 6 nitrogen and oxygen atoms in total. The number of nitrogens with zero attached hydrogens (tertiary/aromatic N) is 3. The minimum Gasteiger partial charge on any atom is -0.296 e. The number of hydrogen-bond acceptors (Lipinski definition) is 5. The molecule has 1 radical (unpaired) electrons. The van der Waals surface area contributed by atoms with Gasteiger partial charge in [-0.15, -0.1) is 35.9 Å². The summed E-state index contributed by atoms with van der Waals surface area (Å²) in [7, 11) is -4.15. The first kappa shape index (κ1) is 20.8. The van der Waals surface area contributed by atoms with Crippen LogP contribution < -0.4 is 0 Å². The minimum absolute atomic E-state index is 0. The molecule has 4 aromatic rings. The minimum atomic E-state index is -4.15. The van der Waals surface area contributed by atoms with E-state index in [-0.39, 0.29) is 25.1 Å². The normalized spacial score (nSPS) is 10.4. The molecule has 0 saturated heterocycles. The Balaban J connectivity index is 0.000000208. The maximum atomic E-state index is 10.3. The van der Waals surface area contributed by atoms with Crippen molar-refractivity contribution < 1.29 is 33.1 Å². The SMILES string of the molecule is O=S(=O)(O)c1ccncn1.[Ir].[c-]1ccccc1-c1ccc2ccccc2n1. The number of hydrogen-bond donors (Lipinski definition) is 1. The molecule has 27 heavy (non-hydrogen) atoms. The van der Waals surface area contributed by atoms with E-state index in [1.54, 1.807) is 0 Å². The van der Waals surface area contributed by atoms with Crippen molar-refractivity contribution >= 4 is 21.0 Å². The van der Waals surface area contributed by atoms with Crippen LogP contribution in [-0.4, -0.2) is 27.9 Å². The summed E-state index contributed by atoms with van der Waals surface area (Å²) in [6, 6.07) is 24.5. The Morgan fingerprint density at radius 1 is 0.926 bits per heavy atom. The summed E-state index contributed by atoms with van der Waals surface area (Å²) in [5.74, 6) is 0. The van der Waals surface area contributed by atoms with E-state index in [1.165, 1.54) is 11.6 Å². The molecule has 0 saturated carbocycles. The third kappa shape index (κ3) is 5.74. The molecular formula is C19H14IrN3O3S-. The van der Waals surface area contributed by atoms with Crippen LogP contribution in [0.5, 0.6) is 0 Å². The molecular weight excluding hydrogens is 543 g/mol. The zero-order chi connectivity index (χ0) is 18.4. The topological polar surface area (TPSA) is 93.0 Å². The van der Waals surface area contributed by atoms with Crippen molar-refractivity contribution in [3.8, 4) is 11.3 Å². The van der Waals surface area contributed by atoms with Crippen molar-refractivity contribution in [2.45, 2.75) is 5.03 Å². The summed E-state index contributed by atoms with van der Waals surface area (Å²) >= 11 is 0. The van der Waals surface area contributed by atoms with E-state index in [1.807, 2.05) is 48.5 Å². The van der Waals surface area contributed by atoms with Crippen molar-refractivity contribution in [3.63, 3.8) is 0 Å². The second-order valence-electron chi connectivity index (χ2n) is 5.19. The Morgan fingerprint density at radius 2 is 1.70 bits per heavy atom.